The maximum atomic E-state index is 12.1. The van der Waals surface area contributed by atoms with Gasteiger partial charge >= 0.3 is 0 Å². The third-order valence-corrected chi connectivity index (χ3v) is 3.81. The van der Waals surface area contributed by atoms with Gasteiger partial charge in [0.05, 0.1) is 4.88 Å². The Morgan fingerprint density at radius 1 is 1.22 bits per heavy atom. The largest absolute Gasteiger partial charge is 0.380 e. The molecule has 3 aromatic rings. The molecule has 2 aromatic heterocycles. The molecule has 1 aromatic carbocycles. The highest BCUT2D eigenvalue weighted by molar-refractivity contribution is 7.12. The lowest BCUT2D eigenvalue weighted by atomic mass is 10.0. The fraction of sp³-hybridized carbons (Fsp3) is 0.0714. The molecule has 0 amide bonds. The molecule has 0 spiro atoms. The van der Waals surface area contributed by atoms with Crippen molar-refractivity contribution in [3.63, 3.8) is 0 Å². The molecule has 0 fully saturated rings. The minimum Gasteiger partial charge on any atom is -0.380 e. The lowest BCUT2D eigenvalue weighted by molar-refractivity contribution is 0.0754. The summed E-state index contributed by atoms with van der Waals surface area (Å²) in [5, 5.41) is 12.9. The molecule has 0 saturated heterocycles. The number of carbonyl (C=O) groups excluding carboxylic acids is 1. The quantitative estimate of drug-likeness (QED) is 0.708. The van der Waals surface area contributed by atoms with E-state index in [1.165, 1.54) is 11.3 Å². The van der Waals surface area contributed by atoms with Crippen molar-refractivity contribution in [1.29, 1.82) is 0 Å². The Bertz CT molecular complexity index is 685. The van der Waals surface area contributed by atoms with Crippen molar-refractivity contribution in [2.75, 3.05) is 0 Å². The number of rotatable bonds is 3. The summed E-state index contributed by atoms with van der Waals surface area (Å²) in [6, 6.07) is 11.1. The topological polar surface area (TPSA) is 53.1 Å². The van der Waals surface area contributed by atoms with Crippen LogP contribution in [0.4, 0.5) is 0 Å². The molecule has 4 heteroatoms. The third kappa shape index (κ3) is 1.75. The van der Waals surface area contributed by atoms with Crippen LogP contribution in [-0.4, -0.2) is 15.9 Å². The number of Topliss-reactive ketones (excluding diaryl/α,β-unsaturated/α-hetero) is 1. The van der Waals surface area contributed by atoms with E-state index in [0.717, 1.165) is 10.9 Å². The molecule has 0 aliphatic carbocycles. The first-order valence-corrected chi connectivity index (χ1v) is 6.47. The summed E-state index contributed by atoms with van der Waals surface area (Å²) in [5.41, 5.74) is 1.55. The summed E-state index contributed by atoms with van der Waals surface area (Å²) in [5.74, 6) is -0.255. The van der Waals surface area contributed by atoms with E-state index in [9.17, 15) is 9.90 Å². The number of thiophene rings is 1. The van der Waals surface area contributed by atoms with Gasteiger partial charge in [-0.1, -0.05) is 24.3 Å². The van der Waals surface area contributed by atoms with Crippen LogP contribution in [0, 0.1) is 0 Å². The van der Waals surface area contributed by atoms with Crippen LogP contribution in [0.5, 0.6) is 0 Å². The van der Waals surface area contributed by atoms with Crippen molar-refractivity contribution < 1.29 is 9.90 Å². The van der Waals surface area contributed by atoms with Gasteiger partial charge < -0.3 is 10.1 Å². The lowest BCUT2D eigenvalue weighted by Crippen LogP contribution is -2.10. The summed E-state index contributed by atoms with van der Waals surface area (Å²) < 4.78 is 0. The highest BCUT2D eigenvalue weighted by atomic mass is 32.1. The molecule has 0 aliphatic rings. The van der Waals surface area contributed by atoms with Gasteiger partial charge in [0.2, 0.25) is 5.78 Å². The molecule has 2 heterocycles. The molecule has 0 aliphatic heterocycles. The van der Waals surface area contributed by atoms with Gasteiger partial charge in [-0.3, -0.25) is 4.79 Å². The van der Waals surface area contributed by atoms with E-state index in [1.807, 2.05) is 29.6 Å². The molecule has 0 unspecified atom stereocenters. The molecular weight excluding hydrogens is 246 g/mol. The molecule has 90 valence electrons. The average molecular weight is 257 g/mol. The minimum absolute atomic E-state index is 0.255. The standard InChI is InChI=1S/C14H11NO2S/c16-13(14(17)12-6-3-7-18-12)10-8-15-11-5-2-1-4-9(10)11/h1-8,13,15-16H/t13-/m1/s1. The Balaban J connectivity index is 2.02. The van der Waals surface area contributed by atoms with Crippen LogP contribution in [-0.2, 0) is 0 Å². The first-order valence-electron chi connectivity index (χ1n) is 5.59. The first kappa shape index (κ1) is 11.2. The van der Waals surface area contributed by atoms with Crippen LogP contribution < -0.4 is 0 Å². The highest BCUT2D eigenvalue weighted by Gasteiger charge is 2.22. The number of para-hydroxylation sites is 1. The second-order valence-corrected chi connectivity index (χ2v) is 4.98. The number of benzene rings is 1. The fourth-order valence-corrected chi connectivity index (χ4v) is 2.70. The van der Waals surface area contributed by atoms with Crippen LogP contribution in [0.15, 0.2) is 48.0 Å². The fourth-order valence-electron chi connectivity index (χ4n) is 2.01. The molecule has 2 N–H and O–H groups in total. The minimum atomic E-state index is -1.11. The number of carbonyl (C=O) groups is 1. The SMILES string of the molecule is O=C(c1cccs1)[C@H](O)c1c[nH]c2ccccc12. The lowest BCUT2D eigenvalue weighted by Gasteiger charge is -2.07. The van der Waals surface area contributed by atoms with Crippen molar-refractivity contribution >= 4 is 28.0 Å². The van der Waals surface area contributed by atoms with Gasteiger partial charge in [0, 0.05) is 22.7 Å². The second kappa shape index (κ2) is 4.40. The Morgan fingerprint density at radius 3 is 2.83 bits per heavy atom. The summed E-state index contributed by atoms with van der Waals surface area (Å²) in [7, 11) is 0. The summed E-state index contributed by atoms with van der Waals surface area (Å²) in [6.45, 7) is 0. The number of fused-ring (bicyclic) bond motifs is 1. The molecule has 0 saturated carbocycles. The predicted octanol–water partition coefficient (Wildman–Crippen LogP) is 3.15. The van der Waals surface area contributed by atoms with E-state index in [1.54, 1.807) is 18.3 Å². The zero-order valence-electron chi connectivity index (χ0n) is 9.46. The molecule has 0 bridgehead atoms. The third-order valence-electron chi connectivity index (χ3n) is 2.93. The molecular formula is C14H11NO2S. The van der Waals surface area contributed by atoms with Crippen LogP contribution in [0.1, 0.15) is 21.3 Å². The Hall–Kier alpha value is -1.91. The second-order valence-electron chi connectivity index (χ2n) is 4.03. The van der Waals surface area contributed by atoms with Crippen molar-refractivity contribution in [2.24, 2.45) is 0 Å². The van der Waals surface area contributed by atoms with Crippen LogP contribution in [0.3, 0.4) is 0 Å². The number of nitrogens with one attached hydrogen (secondary N) is 1. The Labute approximate surface area is 108 Å². The van der Waals surface area contributed by atoms with E-state index in [0.29, 0.717) is 10.4 Å². The zero-order valence-corrected chi connectivity index (χ0v) is 10.3. The number of hydrogen-bond acceptors (Lipinski definition) is 3. The van der Waals surface area contributed by atoms with Crippen LogP contribution in [0.2, 0.25) is 0 Å². The number of aliphatic hydroxyl groups is 1. The first-order chi connectivity index (χ1) is 8.77. The zero-order chi connectivity index (χ0) is 12.5. The molecule has 3 nitrogen and oxygen atoms in total. The number of hydrogen-bond donors (Lipinski definition) is 2. The van der Waals surface area contributed by atoms with Gasteiger partial charge in [0.15, 0.2) is 0 Å². The molecule has 3 rings (SSSR count). The Kier molecular flexibility index (Phi) is 2.74. The highest BCUT2D eigenvalue weighted by Crippen LogP contribution is 2.27. The summed E-state index contributed by atoms with van der Waals surface area (Å²) in [4.78, 5) is 15.7. The molecule has 1 atom stereocenters. The normalized spacial score (nSPS) is 12.7. The van der Waals surface area contributed by atoms with Gasteiger partial charge in [-0.2, -0.15) is 0 Å². The van der Waals surface area contributed by atoms with Crippen LogP contribution in [0.25, 0.3) is 10.9 Å². The molecule has 18 heavy (non-hydrogen) atoms. The number of aromatic nitrogens is 1. The van der Waals surface area contributed by atoms with Crippen molar-refractivity contribution in [3.05, 3.63) is 58.4 Å². The van der Waals surface area contributed by atoms with E-state index in [-0.39, 0.29) is 5.78 Å². The monoisotopic (exact) mass is 257 g/mol. The van der Waals surface area contributed by atoms with Gasteiger partial charge in [-0.15, -0.1) is 11.3 Å². The number of aliphatic hydroxyl groups excluding tert-OH is 1. The van der Waals surface area contributed by atoms with E-state index >= 15 is 0 Å². The maximum Gasteiger partial charge on any atom is 0.205 e. The van der Waals surface area contributed by atoms with Gasteiger partial charge in [-0.05, 0) is 17.5 Å². The van der Waals surface area contributed by atoms with Gasteiger partial charge in [-0.25, -0.2) is 0 Å². The van der Waals surface area contributed by atoms with E-state index in [4.69, 9.17) is 0 Å². The van der Waals surface area contributed by atoms with Crippen molar-refractivity contribution in [2.45, 2.75) is 6.10 Å². The predicted molar refractivity (Wildman–Crippen MR) is 71.9 cm³/mol. The van der Waals surface area contributed by atoms with Crippen LogP contribution >= 0.6 is 11.3 Å². The summed E-state index contributed by atoms with van der Waals surface area (Å²) >= 11 is 1.34. The number of ketones is 1. The number of aromatic amines is 1. The Morgan fingerprint density at radius 2 is 2.06 bits per heavy atom. The smallest absolute Gasteiger partial charge is 0.205 e. The summed E-state index contributed by atoms with van der Waals surface area (Å²) in [6.07, 6.45) is 0.584. The van der Waals surface area contributed by atoms with Crippen molar-refractivity contribution in [3.8, 4) is 0 Å². The van der Waals surface area contributed by atoms with E-state index < -0.39 is 6.10 Å². The maximum absolute atomic E-state index is 12.1. The number of H-pyrrole nitrogens is 1. The molecule has 0 radical (unpaired) electrons. The van der Waals surface area contributed by atoms with Gasteiger partial charge in [0.1, 0.15) is 6.10 Å². The van der Waals surface area contributed by atoms with Crippen molar-refractivity contribution in [1.82, 2.24) is 4.98 Å². The average Bonchev–Trinajstić information content (AvgIpc) is 3.06. The van der Waals surface area contributed by atoms with E-state index in [2.05, 4.69) is 4.98 Å². The van der Waals surface area contributed by atoms with Gasteiger partial charge in [0.25, 0.3) is 0 Å².